The number of amides is 1. The van der Waals surface area contributed by atoms with Gasteiger partial charge in [-0.15, -0.1) is 0 Å². The van der Waals surface area contributed by atoms with Crippen LogP contribution in [0.5, 0.6) is 11.5 Å². The molecule has 0 bridgehead atoms. The fraction of sp³-hybridized carbons (Fsp3) is 0.333. The molecule has 0 radical (unpaired) electrons. The van der Waals surface area contributed by atoms with Gasteiger partial charge in [0.05, 0.1) is 25.8 Å². The Bertz CT molecular complexity index is 982. The van der Waals surface area contributed by atoms with Gasteiger partial charge >= 0.3 is 0 Å². The minimum Gasteiger partial charge on any atom is -0.507 e. The third-order valence-electron chi connectivity index (χ3n) is 5.32. The van der Waals surface area contributed by atoms with Gasteiger partial charge in [0, 0.05) is 12.1 Å². The van der Waals surface area contributed by atoms with Crippen molar-refractivity contribution >= 4 is 17.4 Å². The maximum absolute atomic E-state index is 13.0. The zero-order chi connectivity index (χ0) is 22.5. The molecule has 0 aliphatic carbocycles. The molecule has 1 N–H and O–H groups in total. The number of carbonyl (C=O) groups is 2. The number of likely N-dealkylation sites (tertiary alicyclic amines) is 1. The molecule has 1 amide bonds. The summed E-state index contributed by atoms with van der Waals surface area (Å²) in [5.74, 6) is -0.297. The largest absolute Gasteiger partial charge is 0.507 e. The van der Waals surface area contributed by atoms with Crippen LogP contribution in [-0.4, -0.2) is 68.0 Å². The summed E-state index contributed by atoms with van der Waals surface area (Å²) in [5.41, 5.74) is 1.23. The first kappa shape index (κ1) is 22.4. The number of benzene rings is 2. The highest BCUT2D eigenvalue weighted by molar-refractivity contribution is 6.46. The second-order valence-corrected chi connectivity index (χ2v) is 7.65. The molecule has 164 valence electrons. The lowest BCUT2D eigenvalue weighted by molar-refractivity contribution is -0.139. The first-order valence-corrected chi connectivity index (χ1v) is 10.1. The van der Waals surface area contributed by atoms with Crippen molar-refractivity contribution in [1.82, 2.24) is 9.80 Å². The van der Waals surface area contributed by atoms with Crippen LogP contribution in [-0.2, 0) is 9.59 Å². The number of aliphatic hydroxyl groups is 1. The van der Waals surface area contributed by atoms with Crippen LogP contribution >= 0.6 is 0 Å². The van der Waals surface area contributed by atoms with Crippen molar-refractivity contribution in [2.24, 2.45) is 0 Å². The van der Waals surface area contributed by atoms with E-state index in [4.69, 9.17) is 9.47 Å². The summed E-state index contributed by atoms with van der Waals surface area (Å²) in [6.07, 6.45) is 0.700. The zero-order valence-electron chi connectivity index (χ0n) is 18.3. The Morgan fingerprint density at radius 1 is 1.03 bits per heavy atom. The van der Waals surface area contributed by atoms with Gasteiger partial charge in [-0.25, -0.2) is 0 Å². The van der Waals surface area contributed by atoms with E-state index in [1.54, 1.807) is 48.4 Å². The Morgan fingerprint density at radius 2 is 1.71 bits per heavy atom. The average Bonchev–Trinajstić information content (AvgIpc) is 3.03. The van der Waals surface area contributed by atoms with Crippen LogP contribution in [0.4, 0.5) is 0 Å². The lowest BCUT2D eigenvalue weighted by atomic mass is 9.95. The SMILES string of the molecule is COc1ccc([C@@H]2C(=C(O)c3cccc(OC)c3)C(=O)C(=O)N2CCCN(C)C)cc1. The number of ketones is 1. The molecule has 7 heteroatoms. The fourth-order valence-corrected chi connectivity index (χ4v) is 3.73. The number of carbonyl (C=O) groups excluding carboxylic acids is 2. The van der Waals surface area contributed by atoms with Crippen LogP contribution in [0.2, 0.25) is 0 Å². The maximum atomic E-state index is 13.0. The van der Waals surface area contributed by atoms with Crippen molar-refractivity contribution in [2.75, 3.05) is 41.4 Å². The monoisotopic (exact) mass is 424 g/mol. The molecule has 1 saturated heterocycles. The molecule has 2 aromatic rings. The lowest BCUT2D eigenvalue weighted by Gasteiger charge is -2.26. The van der Waals surface area contributed by atoms with Crippen LogP contribution in [0.3, 0.4) is 0 Å². The molecular weight excluding hydrogens is 396 g/mol. The summed E-state index contributed by atoms with van der Waals surface area (Å²) in [4.78, 5) is 29.5. The number of hydrogen-bond acceptors (Lipinski definition) is 6. The van der Waals surface area contributed by atoms with Gasteiger partial charge in [0.2, 0.25) is 0 Å². The van der Waals surface area contributed by atoms with Gasteiger partial charge in [0.15, 0.2) is 0 Å². The van der Waals surface area contributed by atoms with Crippen LogP contribution in [0, 0.1) is 0 Å². The Hall–Kier alpha value is -3.32. The standard InChI is InChI=1S/C24H28N2O5/c1-25(2)13-6-14-26-21(16-9-11-18(30-3)12-10-16)20(23(28)24(26)29)22(27)17-7-5-8-19(15-17)31-4/h5,7-12,15,21,27H,6,13-14H2,1-4H3/t21-/m1/s1. The van der Waals surface area contributed by atoms with E-state index in [1.165, 1.54) is 7.11 Å². The number of Topliss-reactive ketones (excluding diaryl/α,β-unsaturated/α-hetero) is 1. The second kappa shape index (κ2) is 9.66. The molecule has 0 unspecified atom stereocenters. The third kappa shape index (κ3) is 4.72. The van der Waals surface area contributed by atoms with E-state index in [0.29, 0.717) is 30.0 Å². The minimum atomic E-state index is -0.689. The molecule has 7 nitrogen and oxygen atoms in total. The van der Waals surface area contributed by atoms with E-state index in [1.807, 2.05) is 31.1 Å². The summed E-state index contributed by atoms with van der Waals surface area (Å²) in [5, 5.41) is 11.1. The van der Waals surface area contributed by atoms with Gasteiger partial charge in [-0.05, 0) is 56.9 Å². The van der Waals surface area contributed by atoms with Crippen molar-refractivity contribution in [3.05, 3.63) is 65.2 Å². The number of nitrogens with zero attached hydrogens (tertiary/aromatic N) is 2. The van der Waals surface area contributed by atoms with Crippen molar-refractivity contribution in [3.63, 3.8) is 0 Å². The number of aliphatic hydroxyl groups excluding tert-OH is 1. The summed E-state index contributed by atoms with van der Waals surface area (Å²) in [7, 11) is 7.01. The number of methoxy groups -OCH3 is 2. The predicted octanol–water partition coefficient (Wildman–Crippen LogP) is 3.08. The van der Waals surface area contributed by atoms with Crippen molar-refractivity contribution < 1.29 is 24.2 Å². The molecule has 1 aliphatic rings. The fourth-order valence-electron chi connectivity index (χ4n) is 3.73. The third-order valence-corrected chi connectivity index (χ3v) is 5.32. The quantitative estimate of drug-likeness (QED) is 0.399. The number of rotatable bonds is 8. The van der Waals surface area contributed by atoms with E-state index < -0.39 is 17.7 Å². The summed E-state index contributed by atoms with van der Waals surface area (Å²) < 4.78 is 10.5. The molecule has 1 atom stereocenters. The highest BCUT2D eigenvalue weighted by Gasteiger charge is 2.45. The Labute approximate surface area is 182 Å². The molecule has 2 aromatic carbocycles. The highest BCUT2D eigenvalue weighted by atomic mass is 16.5. The van der Waals surface area contributed by atoms with Gasteiger partial charge in [-0.1, -0.05) is 24.3 Å². The molecule has 1 aliphatic heterocycles. The Balaban J connectivity index is 2.09. The number of hydrogen-bond donors (Lipinski definition) is 1. The van der Waals surface area contributed by atoms with Crippen LogP contribution < -0.4 is 9.47 Å². The van der Waals surface area contributed by atoms with Crippen LogP contribution in [0.25, 0.3) is 5.76 Å². The first-order chi connectivity index (χ1) is 14.9. The Morgan fingerprint density at radius 3 is 2.32 bits per heavy atom. The minimum absolute atomic E-state index is 0.0771. The van der Waals surface area contributed by atoms with Gasteiger partial charge < -0.3 is 24.4 Å². The molecule has 0 spiro atoms. The molecule has 1 heterocycles. The zero-order valence-corrected chi connectivity index (χ0v) is 18.3. The molecule has 3 rings (SSSR count). The van der Waals surface area contributed by atoms with Gasteiger partial charge in [-0.2, -0.15) is 0 Å². The number of ether oxygens (including phenoxy) is 2. The van der Waals surface area contributed by atoms with E-state index in [2.05, 4.69) is 0 Å². The topological polar surface area (TPSA) is 79.3 Å². The normalized spacial score (nSPS) is 18.0. The van der Waals surface area contributed by atoms with Crippen LogP contribution in [0.15, 0.2) is 54.1 Å². The lowest BCUT2D eigenvalue weighted by Crippen LogP contribution is -2.32. The van der Waals surface area contributed by atoms with E-state index in [9.17, 15) is 14.7 Å². The molecular formula is C24H28N2O5. The summed E-state index contributed by atoms with van der Waals surface area (Å²) in [6, 6.07) is 13.3. The van der Waals surface area contributed by atoms with Crippen molar-refractivity contribution in [2.45, 2.75) is 12.5 Å². The Kier molecular flexibility index (Phi) is 6.97. The smallest absolute Gasteiger partial charge is 0.295 e. The van der Waals surface area contributed by atoms with Gasteiger partial charge in [0.25, 0.3) is 11.7 Å². The van der Waals surface area contributed by atoms with Crippen LogP contribution in [0.1, 0.15) is 23.6 Å². The van der Waals surface area contributed by atoms with E-state index in [-0.39, 0.29) is 11.3 Å². The predicted molar refractivity (Wildman–Crippen MR) is 118 cm³/mol. The second-order valence-electron chi connectivity index (χ2n) is 7.65. The van der Waals surface area contributed by atoms with Crippen molar-refractivity contribution in [1.29, 1.82) is 0 Å². The summed E-state index contributed by atoms with van der Waals surface area (Å²) >= 11 is 0. The van der Waals surface area contributed by atoms with Crippen molar-refractivity contribution in [3.8, 4) is 11.5 Å². The maximum Gasteiger partial charge on any atom is 0.295 e. The first-order valence-electron chi connectivity index (χ1n) is 10.1. The molecule has 0 saturated carbocycles. The van der Waals surface area contributed by atoms with E-state index >= 15 is 0 Å². The molecule has 31 heavy (non-hydrogen) atoms. The average molecular weight is 424 g/mol. The van der Waals surface area contributed by atoms with Gasteiger partial charge in [-0.3, -0.25) is 9.59 Å². The van der Waals surface area contributed by atoms with Gasteiger partial charge in [0.1, 0.15) is 17.3 Å². The summed E-state index contributed by atoms with van der Waals surface area (Å²) in [6.45, 7) is 1.17. The molecule has 1 fully saturated rings. The molecule has 0 aromatic heterocycles. The highest BCUT2D eigenvalue weighted by Crippen LogP contribution is 2.40. The van der Waals surface area contributed by atoms with E-state index in [0.717, 1.165) is 12.1 Å².